The van der Waals surface area contributed by atoms with Crippen LogP contribution in [0.25, 0.3) is 0 Å². The quantitative estimate of drug-likeness (QED) is 0.0137. The maximum absolute atomic E-state index is 13.3. The van der Waals surface area contributed by atoms with Crippen molar-refractivity contribution in [3.8, 4) is 0 Å². The van der Waals surface area contributed by atoms with Gasteiger partial charge in [-0.15, -0.1) is 6.58 Å². The Morgan fingerprint density at radius 2 is 0.903 bits per heavy atom. The van der Waals surface area contributed by atoms with Crippen LogP contribution in [-0.2, 0) is 62.1 Å². The van der Waals surface area contributed by atoms with Crippen LogP contribution in [0.1, 0.15) is 171 Å². The van der Waals surface area contributed by atoms with Gasteiger partial charge in [0.1, 0.15) is 19.3 Å². The Morgan fingerprint density at radius 3 is 1.30 bits per heavy atom. The fourth-order valence-electron chi connectivity index (χ4n) is 7.65. The Balaban J connectivity index is -0.00000746. The summed E-state index contributed by atoms with van der Waals surface area (Å²) in [6, 6.07) is -1.33. The Hall–Kier alpha value is -6.02. The summed E-state index contributed by atoms with van der Waals surface area (Å²) >= 11 is 1.93. The number of thioether (sulfide) groups is 1. The van der Waals surface area contributed by atoms with E-state index >= 15 is 0 Å². The van der Waals surface area contributed by atoms with Crippen molar-refractivity contribution >= 4 is 76.3 Å². The minimum atomic E-state index is -0.876. The molecule has 93 heavy (non-hydrogen) atoms. The van der Waals surface area contributed by atoms with Gasteiger partial charge in [0.2, 0.25) is 53.2 Å². The zero-order valence-electron chi connectivity index (χ0n) is 57.9. The number of nitrogens with zero attached hydrogens (tertiary/aromatic N) is 2. The monoisotopic (exact) mass is 1350 g/mol. The Labute approximate surface area is 558 Å². The lowest BCUT2D eigenvalue weighted by atomic mass is 9.98. The minimum Gasteiger partial charge on any atom is -0.411 e. The van der Waals surface area contributed by atoms with Crippen LogP contribution in [0.2, 0.25) is 0 Å². The van der Waals surface area contributed by atoms with Gasteiger partial charge in [-0.2, -0.15) is 11.8 Å². The van der Waals surface area contributed by atoms with E-state index in [-0.39, 0.29) is 171 Å². The number of carbonyl (C=O) groups is 9. The fraction of sp³-hybridized carbons (Fsp3) is 0.794. The summed E-state index contributed by atoms with van der Waals surface area (Å²) in [7, 11) is 0. The topological polar surface area (TPSA) is 442 Å². The van der Waals surface area contributed by atoms with E-state index in [2.05, 4.69) is 77.9 Å². The number of nitrogens with one attached hydrogen (secondary N) is 9. The highest BCUT2D eigenvalue weighted by Gasteiger charge is 2.28. The molecule has 0 aromatic carbocycles. The third kappa shape index (κ3) is 56.1. The molecule has 0 aromatic rings. The van der Waals surface area contributed by atoms with E-state index in [4.69, 9.17) is 36.1 Å². The van der Waals surface area contributed by atoms with Gasteiger partial charge in [0.25, 0.3) is 0 Å². The first-order valence-corrected chi connectivity index (χ1v) is 34.1. The zero-order valence-corrected chi connectivity index (χ0v) is 58.7. The smallest absolute Gasteiger partial charge is 0.246 e. The molecule has 30 heteroatoms. The van der Waals surface area contributed by atoms with E-state index in [1.54, 1.807) is 33.8 Å². The molecule has 3 atom stereocenters. The van der Waals surface area contributed by atoms with Gasteiger partial charge in [-0.25, -0.2) is 0 Å². The molecule has 0 fully saturated rings. The molecule has 0 aliphatic carbocycles. The first kappa shape index (κ1) is 91.2. The highest BCUT2D eigenvalue weighted by atomic mass is 32.2. The predicted octanol–water partition coefficient (Wildman–Crippen LogP) is 2.41. The number of amides is 9. The van der Waals surface area contributed by atoms with Gasteiger partial charge in [-0.1, -0.05) is 56.4 Å². The summed E-state index contributed by atoms with van der Waals surface area (Å²) in [6.45, 7) is 23.6. The molecule has 0 aliphatic heterocycles. The van der Waals surface area contributed by atoms with Crippen LogP contribution < -0.4 is 65.1 Å². The van der Waals surface area contributed by atoms with Gasteiger partial charge in [0.15, 0.2) is 0 Å². The standard InChI is InChI=1S/C55H103N13O15.C5H12S.C3H7N/c1-39(51(56)75)17-9-12-25-59-49(73)37-82-33-32-81-30-28-61-50(74)38-83-34-31-80-29-27-60-46(70)21-15-20-45(69)58-24-14-11-19-44(53(77)62-26-13-10-18-40(2)52(57)76)66-48(72)23-16-22-47(71)65-43(35-63-54(5,6)41(3)67-78)36-64-55(7,8)42(4)68-79;1-3-4-5-6-2;1-2-3-4/h39-40,43-44,63-64,78-79H,9-38H2,1-8H3,(H2,56,75)(H2,57,76)(H,58,69)(H,59,73)(H,60,70)(H,61,74)(H,62,77)(H,65,71)(H,66,72);3-5H2,1-2H3;2H,1,3-4H2/b67-41+,68-42+;;/t39-,40-,44-;;/m0../s1. The maximum atomic E-state index is 13.3. The number of unbranched alkanes of at least 4 members (excludes halogenated alkanes) is 4. The van der Waals surface area contributed by atoms with Crippen LogP contribution in [0.3, 0.4) is 0 Å². The van der Waals surface area contributed by atoms with Gasteiger partial charge in [-0.05, 0) is 118 Å². The molecule has 0 unspecified atom stereocenters. The molecule has 0 bridgehead atoms. The predicted molar refractivity (Wildman–Crippen MR) is 365 cm³/mol. The average Bonchev–Trinajstić information content (AvgIpc) is 1.20. The van der Waals surface area contributed by atoms with Crippen LogP contribution in [0, 0.1) is 11.8 Å². The molecular formula is C63H122N14O15S. The molecule has 0 aliphatic rings. The van der Waals surface area contributed by atoms with E-state index in [9.17, 15) is 53.6 Å². The van der Waals surface area contributed by atoms with Crippen molar-refractivity contribution in [1.29, 1.82) is 0 Å². The van der Waals surface area contributed by atoms with Gasteiger partial charge < -0.3 is 94.4 Å². The Kier molecular flexibility index (Phi) is 58.5. The van der Waals surface area contributed by atoms with Gasteiger partial charge in [0, 0.05) is 89.9 Å². The number of primary amides is 2. The summed E-state index contributed by atoms with van der Waals surface area (Å²) in [6.07, 6.45) is 12.6. The number of carbonyl (C=O) groups excluding carboxylic acids is 9. The van der Waals surface area contributed by atoms with Crippen LogP contribution in [-0.4, -0.2) is 215 Å². The second-order valence-electron chi connectivity index (χ2n) is 23.5. The highest BCUT2D eigenvalue weighted by Crippen LogP contribution is 2.11. The molecule has 0 radical (unpaired) electrons. The molecule has 0 spiro atoms. The van der Waals surface area contributed by atoms with E-state index in [1.807, 2.05) is 39.5 Å². The largest absolute Gasteiger partial charge is 0.411 e. The highest BCUT2D eigenvalue weighted by molar-refractivity contribution is 7.98. The molecule has 0 saturated carbocycles. The molecule has 0 heterocycles. The summed E-state index contributed by atoms with van der Waals surface area (Å²) in [5.41, 5.74) is 15.0. The minimum absolute atomic E-state index is 0.0182. The molecule has 17 N–H and O–H groups in total. The van der Waals surface area contributed by atoms with Crippen molar-refractivity contribution in [3.05, 3.63) is 12.7 Å². The first-order valence-electron chi connectivity index (χ1n) is 32.7. The zero-order chi connectivity index (χ0) is 70.7. The average molecular weight is 1350 g/mol. The molecule has 0 saturated heterocycles. The van der Waals surface area contributed by atoms with Gasteiger partial charge in [0.05, 0.1) is 68.2 Å². The van der Waals surface area contributed by atoms with Gasteiger partial charge in [-0.3, -0.25) is 43.2 Å². The van der Waals surface area contributed by atoms with E-state index in [1.165, 1.54) is 18.6 Å². The van der Waals surface area contributed by atoms with Crippen molar-refractivity contribution < 1.29 is 72.5 Å². The SMILES string of the molecule is C/C(=N\O)C(C)(C)NCC(CNC(C)(C)/C(C)=N/O)NC(=O)CCCC(=O)N[C@@H](CCCCNC(=O)CCCC(=O)NCCOCCOCC(=O)NCCOCCOCC(=O)NCCCC[C@H](C)C(N)=O)C(=O)NCCCC[C@H](C)C(N)=O.C=CCN.CCCCSC. The van der Waals surface area contributed by atoms with E-state index in [0.29, 0.717) is 82.5 Å². The van der Waals surface area contributed by atoms with Crippen LogP contribution in [0.4, 0.5) is 0 Å². The molecular weight excluding hydrogens is 1220 g/mol. The molecule has 0 aromatic heterocycles. The van der Waals surface area contributed by atoms with Crippen LogP contribution >= 0.6 is 11.8 Å². The van der Waals surface area contributed by atoms with Crippen LogP contribution in [0.15, 0.2) is 23.0 Å². The third-order valence-corrected chi connectivity index (χ3v) is 15.2. The Bertz CT molecular complexity index is 2110. The second-order valence-corrected chi connectivity index (χ2v) is 24.4. The first-order chi connectivity index (χ1) is 44.2. The summed E-state index contributed by atoms with van der Waals surface area (Å²) in [5, 5.41) is 51.5. The van der Waals surface area contributed by atoms with E-state index < -0.39 is 35.0 Å². The van der Waals surface area contributed by atoms with E-state index in [0.717, 1.165) is 12.8 Å². The number of oxime groups is 2. The van der Waals surface area contributed by atoms with Crippen molar-refractivity contribution in [2.24, 2.45) is 39.3 Å². The summed E-state index contributed by atoms with van der Waals surface area (Å²) in [5.74, 6) is -2.01. The molecule has 0 rings (SSSR count). The lowest BCUT2D eigenvalue weighted by molar-refractivity contribution is -0.129. The number of hydrogen-bond donors (Lipinski definition) is 14. The number of hydrogen-bond acceptors (Lipinski definition) is 21. The third-order valence-electron chi connectivity index (χ3n) is 14.5. The lowest BCUT2D eigenvalue weighted by Gasteiger charge is -2.32. The lowest BCUT2D eigenvalue weighted by Crippen LogP contribution is -2.57. The van der Waals surface area contributed by atoms with Crippen molar-refractivity contribution in [1.82, 2.24) is 47.9 Å². The van der Waals surface area contributed by atoms with Crippen molar-refractivity contribution in [2.45, 2.75) is 195 Å². The van der Waals surface area contributed by atoms with Gasteiger partial charge >= 0.3 is 0 Å². The van der Waals surface area contributed by atoms with Crippen LogP contribution in [0.5, 0.6) is 0 Å². The molecule has 540 valence electrons. The van der Waals surface area contributed by atoms with Crippen molar-refractivity contribution in [2.75, 3.05) is 117 Å². The van der Waals surface area contributed by atoms with Crippen molar-refractivity contribution in [3.63, 3.8) is 0 Å². The maximum Gasteiger partial charge on any atom is 0.246 e. The normalized spacial score (nSPS) is 12.8. The Morgan fingerprint density at radius 1 is 0.527 bits per heavy atom. The molecule has 9 amide bonds. The number of rotatable bonds is 56. The second kappa shape index (κ2) is 59.7. The summed E-state index contributed by atoms with van der Waals surface area (Å²) in [4.78, 5) is 111. The fourth-order valence-corrected chi connectivity index (χ4v) is 8.23. The molecule has 29 nitrogen and oxygen atoms in total. The number of nitrogens with two attached hydrogens (primary N) is 3. The number of ether oxygens (including phenoxy) is 4. The summed E-state index contributed by atoms with van der Waals surface area (Å²) < 4.78 is 21.4.